The van der Waals surface area contributed by atoms with Gasteiger partial charge in [0.1, 0.15) is 5.82 Å². The molecule has 0 aliphatic rings. The van der Waals surface area contributed by atoms with Gasteiger partial charge >= 0.3 is 5.97 Å². The van der Waals surface area contributed by atoms with Crippen LogP contribution >= 0.6 is 11.8 Å². The minimum atomic E-state index is -1.24. The van der Waals surface area contributed by atoms with Gasteiger partial charge in [-0.15, -0.1) is 11.8 Å². The summed E-state index contributed by atoms with van der Waals surface area (Å²) in [6.07, 6.45) is 0.862. The lowest BCUT2D eigenvalue weighted by atomic mass is 10.2. The van der Waals surface area contributed by atoms with Crippen molar-refractivity contribution in [3.05, 3.63) is 29.6 Å². The minimum absolute atomic E-state index is 0.283. The lowest BCUT2D eigenvalue weighted by molar-refractivity contribution is 0.0691. The van der Waals surface area contributed by atoms with Gasteiger partial charge < -0.3 is 9.84 Å². The second-order valence-corrected chi connectivity index (χ2v) is 5.17. The van der Waals surface area contributed by atoms with Gasteiger partial charge in [-0.2, -0.15) is 0 Å². The molecule has 0 amide bonds. The van der Waals surface area contributed by atoms with Crippen molar-refractivity contribution >= 4 is 17.7 Å². The maximum Gasteiger partial charge on any atom is 0.338 e. The first kappa shape index (κ1) is 14.0. The second-order valence-electron chi connectivity index (χ2n) is 3.66. The lowest BCUT2D eigenvalue weighted by Crippen LogP contribution is -2.03. The highest BCUT2D eigenvalue weighted by atomic mass is 32.2. The molecule has 3 nitrogen and oxygen atoms in total. The molecule has 94 valence electrons. The van der Waals surface area contributed by atoms with Gasteiger partial charge in [0.25, 0.3) is 0 Å². The van der Waals surface area contributed by atoms with Crippen LogP contribution in [-0.4, -0.2) is 30.0 Å². The maximum atomic E-state index is 13.2. The summed E-state index contributed by atoms with van der Waals surface area (Å²) in [7, 11) is 1.64. The van der Waals surface area contributed by atoms with E-state index in [1.165, 1.54) is 23.9 Å². The molecular formula is C12H15FO3S. The summed E-state index contributed by atoms with van der Waals surface area (Å²) in [5.74, 6) is -1.94. The fraction of sp³-hybridized carbons (Fsp3) is 0.417. The van der Waals surface area contributed by atoms with E-state index < -0.39 is 11.8 Å². The predicted octanol–water partition coefficient (Wildman–Crippen LogP) is 3.04. The van der Waals surface area contributed by atoms with Crippen molar-refractivity contribution < 1.29 is 19.0 Å². The van der Waals surface area contributed by atoms with Crippen molar-refractivity contribution in [3.63, 3.8) is 0 Å². The third-order valence-corrected chi connectivity index (χ3v) is 3.40. The Morgan fingerprint density at radius 2 is 2.29 bits per heavy atom. The van der Waals surface area contributed by atoms with E-state index in [9.17, 15) is 9.18 Å². The number of methoxy groups -OCH3 is 1. The number of aromatic carboxylic acids is 1. The molecule has 1 rings (SSSR count). The first-order valence-corrected chi connectivity index (χ1v) is 6.11. The van der Waals surface area contributed by atoms with Gasteiger partial charge in [-0.05, 0) is 24.6 Å². The van der Waals surface area contributed by atoms with E-state index in [0.717, 1.165) is 11.3 Å². The number of thioether (sulfide) groups is 1. The smallest absolute Gasteiger partial charge is 0.338 e. The van der Waals surface area contributed by atoms with Crippen molar-refractivity contribution in [2.45, 2.75) is 23.5 Å². The van der Waals surface area contributed by atoms with Gasteiger partial charge in [-0.3, -0.25) is 0 Å². The van der Waals surface area contributed by atoms with Gasteiger partial charge in [0.15, 0.2) is 0 Å². The monoisotopic (exact) mass is 258 g/mol. The Labute approximate surface area is 104 Å². The van der Waals surface area contributed by atoms with Crippen molar-refractivity contribution in [1.82, 2.24) is 0 Å². The zero-order chi connectivity index (χ0) is 12.8. The zero-order valence-corrected chi connectivity index (χ0v) is 10.6. The molecule has 1 atom stereocenters. The number of carboxylic acid groups (broad SMARTS) is 1. The van der Waals surface area contributed by atoms with Gasteiger partial charge in [0.2, 0.25) is 0 Å². The lowest BCUT2D eigenvalue weighted by Gasteiger charge is -2.11. The van der Waals surface area contributed by atoms with Crippen molar-refractivity contribution in [3.8, 4) is 0 Å². The number of hydrogen-bond donors (Lipinski definition) is 1. The Bertz CT molecular complexity index is 395. The topological polar surface area (TPSA) is 46.5 Å². The number of hydrogen-bond acceptors (Lipinski definition) is 3. The molecule has 1 aromatic rings. The third-order valence-electron chi connectivity index (χ3n) is 2.23. The van der Waals surface area contributed by atoms with Crippen LogP contribution in [-0.2, 0) is 4.74 Å². The van der Waals surface area contributed by atoms with E-state index in [4.69, 9.17) is 9.84 Å². The first-order valence-electron chi connectivity index (χ1n) is 5.23. The molecule has 0 radical (unpaired) electrons. The van der Waals surface area contributed by atoms with E-state index in [-0.39, 0.29) is 5.56 Å². The summed E-state index contributed by atoms with van der Waals surface area (Å²) in [5.41, 5.74) is -0.283. The highest BCUT2D eigenvalue weighted by molar-refractivity contribution is 7.99. The van der Waals surface area contributed by atoms with E-state index in [1.54, 1.807) is 13.2 Å². The molecule has 0 aromatic heterocycles. The number of benzene rings is 1. The molecule has 1 unspecified atom stereocenters. The number of carbonyl (C=O) groups is 1. The number of halogens is 1. The SMILES string of the molecule is COCCC(C)Sc1ccc(F)c(C(=O)O)c1. The molecule has 0 bridgehead atoms. The van der Waals surface area contributed by atoms with Gasteiger partial charge in [-0.25, -0.2) is 9.18 Å². The minimum Gasteiger partial charge on any atom is -0.478 e. The van der Waals surface area contributed by atoms with Crippen LogP contribution in [0.4, 0.5) is 4.39 Å². The fourth-order valence-electron chi connectivity index (χ4n) is 1.32. The summed E-state index contributed by atoms with van der Waals surface area (Å²) in [6.45, 7) is 2.68. The fourth-order valence-corrected chi connectivity index (χ4v) is 2.33. The molecule has 0 saturated carbocycles. The van der Waals surface area contributed by atoms with Crippen LogP contribution in [0.15, 0.2) is 23.1 Å². The van der Waals surface area contributed by atoms with E-state index in [0.29, 0.717) is 11.9 Å². The number of carboxylic acids is 1. The summed E-state index contributed by atoms with van der Waals surface area (Å²) < 4.78 is 18.1. The summed E-state index contributed by atoms with van der Waals surface area (Å²) in [5, 5.41) is 9.09. The first-order chi connectivity index (χ1) is 8.04. The van der Waals surface area contributed by atoms with Crippen LogP contribution in [0.5, 0.6) is 0 Å². The Hall–Kier alpha value is -1.07. The third kappa shape index (κ3) is 4.36. The van der Waals surface area contributed by atoms with E-state index in [1.807, 2.05) is 6.92 Å². The maximum absolute atomic E-state index is 13.2. The van der Waals surface area contributed by atoms with Crippen molar-refractivity contribution in [1.29, 1.82) is 0 Å². The van der Waals surface area contributed by atoms with Crippen molar-refractivity contribution in [2.24, 2.45) is 0 Å². The standard InChI is InChI=1S/C12H15FO3S/c1-8(5-6-16-2)17-9-3-4-11(13)10(7-9)12(14)15/h3-4,7-8H,5-6H2,1-2H3,(H,14,15). The highest BCUT2D eigenvalue weighted by Crippen LogP contribution is 2.26. The number of rotatable bonds is 6. The van der Waals surface area contributed by atoms with Crippen molar-refractivity contribution in [2.75, 3.05) is 13.7 Å². The normalized spacial score (nSPS) is 12.4. The Morgan fingerprint density at radius 3 is 2.88 bits per heavy atom. The average Bonchev–Trinajstić information content (AvgIpc) is 2.28. The van der Waals surface area contributed by atoms with Crippen LogP contribution in [0.25, 0.3) is 0 Å². The van der Waals surface area contributed by atoms with Gasteiger partial charge in [0.05, 0.1) is 5.56 Å². The molecule has 5 heteroatoms. The van der Waals surface area contributed by atoms with Crippen LogP contribution in [0.2, 0.25) is 0 Å². The zero-order valence-electron chi connectivity index (χ0n) is 9.77. The van der Waals surface area contributed by atoms with Gasteiger partial charge in [0, 0.05) is 23.9 Å². The summed E-state index contributed by atoms with van der Waals surface area (Å²) in [6, 6.07) is 4.15. The quantitative estimate of drug-likeness (QED) is 0.797. The van der Waals surface area contributed by atoms with Crippen LogP contribution in [0, 0.1) is 5.82 Å². The van der Waals surface area contributed by atoms with Crippen LogP contribution in [0.1, 0.15) is 23.7 Å². The van der Waals surface area contributed by atoms with Crippen LogP contribution < -0.4 is 0 Å². The van der Waals surface area contributed by atoms with Crippen LogP contribution in [0.3, 0.4) is 0 Å². The summed E-state index contributed by atoms with van der Waals surface area (Å²) >= 11 is 1.51. The Balaban J connectivity index is 2.72. The Morgan fingerprint density at radius 1 is 1.59 bits per heavy atom. The Kier molecular flexibility index (Phi) is 5.44. The molecular weight excluding hydrogens is 243 g/mol. The highest BCUT2D eigenvalue weighted by Gasteiger charge is 2.12. The second kappa shape index (κ2) is 6.61. The largest absolute Gasteiger partial charge is 0.478 e. The van der Waals surface area contributed by atoms with E-state index in [2.05, 4.69) is 0 Å². The predicted molar refractivity (Wildman–Crippen MR) is 65.2 cm³/mol. The number of ether oxygens (including phenoxy) is 1. The molecule has 17 heavy (non-hydrogen) atoms. The molecule has 0 heterocycles. The van der Waals surface area contributed by atoms with E-state index >= 15 is 0 Å². The van der Waals surface area contributed by atoms with Gasteiger partial charge in [-0.1, -0.05) is 6.92 Å². The molecule has 1 N–H and O–H groups in total. The molecule has 0 fully saturated rings. The molecule has 0 saturated heterocycles. The molecule has 0 aliphatic carbocycles. The molecule has 0 aliphatic heterocycles. The molecule has 0 spiro atoms. The molecule has 1 aromatic carbocycles. The summed E-state index contributed by atoms with van der Waals surface area (Å²) in [4.78, 5) is 11.5. The average molecular weight is 258 g/mol.